The molecule has 1 fully saturated rings. The van der Waals surface area contributed by atoms with Gasteiger partial charge in [-0.3, -0.25) is 0 Å². The molecule has 2 aromatic carbocycles. The highest BCUT2D eigenvalue weighted by Crippen LogP contribution is 2.34. The molecular formula is C16H16ClNO. The van der Waals surface area contributed by atoms with Gasteiger partial charge in [-0.25, -0.2) is 0 Å². The van der Waals surface area contributed by atoms with Gasteiger partial charge in [0.05, 0.1) is 12.0 Å². The molecule has 2 nitrogen and oxygen atoms in total. The predicted molar refractivity (Wildman–Crippen MR) is 78.6 cm³/mol. The van der Waals surface area contributed by atoms with Crippen molar-refractivity contribution in [3.63, 3.8) is 0 Å². The van der Waals surface area contributed by atoms with Gasteiger partial charge >= 0.3 is 0 Å². The number of rotatable bonds is 3. The van der Waals surface area contributed by atoms with E-state index in [0.29, 0.717) is 5.88 Å². The van der Waals surface area contributed by atoms with E-state index < -0.39 is 0 Å². The zero-order chi connectivity index (χ0) is 13.1. The van der Waals surface area contributed by atoms with Gasteiger partial charge in [0.2, 0.25) is 0 Å². The number of para-hydroxylation sites is 1. The van der Waals surface area contributed by atoms with Crippen molar-refractivity contribution in [2.45, 2.75) is 12.3 Å². The summed E-state index contributed by atoms with van der Waals surface area (Å²) < 4.78 is 6.06. The van der Waals surface area contributed by atoms with E-state index in [2.05, 4.69) is 29.2 Å². The van der Waals surface area contributed by atoms with Crippen LogP contribution in [-0.2, 0) is 4.74 Å². The topological polar surface area (TPSA) is 12.5 Å². The summed E-state index contributed by atoms with van der Waals surface area (Å²) in [6.45, 7) is 0.826. The second-order valence-electron chi connectivity index (χ2n) is 4.66. The maximum absolute atomic E-state index is 6.06. The van der Waals surface area contributed by atoms with E-state index in [1.807, 2.05) is 36.4 Å². The van der Waals surface area contributed by atoms with Gasteiger partial charge in [0, 0.05) is 17.8 Å². The molecule has 0 N–H and O–H groups in total. The second kappa shape index (κ2) is 5.64. The summed E-state index contributed by atoms with van der Waals surface area (Å²) in [7, 11) is 0. The first-order chi connectivity index (χ1) is 9.38. The lowest BCUT2D eigenvalue weighted by atomic mass is 10.1. The largest absolute Gasteiger partial charge is 0.348 e. The molecule has 98 valence electrons. The van der Waals surface area contributed by atoms with E-state index in [0.717, 1.165) is 6.54 Å². The van der Waals surface area contributed by atoms with Crippen molar-refractivity contribution in [2.75, 3.05) is 17.3 Å². The minimum Gasteiger partial charge on any atom is -0.348 e. The smallest absolute Gasteiger partial charge is 0.157 e. The van der Waals surface area contributed by atoms with Gasteiger partial charge in [-0.05, 0) is 12.1 Å². The fourth-order valence-electron chi connectivity index (χ4n) is 2.44. The number of anilines is 1. The number of nitrogens with zero attached hydrogens (tertiary/aromatic N) is 1. The number of ether oxygens (including phenoxy) is 1. The van der Waals surface area contributed by atoms with Crippen molar-refractivity contribution in [1.29, 1.82) is 0 Å². The molecule has 1 aliphatic rings. The Balaban J connectivity index is 1.92. The number of alkyl halides is 1. The Kier molecular flexibility index (Phi) is 3.72. The maximum Gasteiger partial charge on any atom is 0.157 e. The van der Waals surface area contributed by atoms with Crippen LogP contribution in [0.4, 0.5) is 5.69 Å². The zero-order valence-electron chi connectivity index (χ0n) is 10.6. The monoisotopic (exact) mass is 273 g/mol. The van der Waals surface area contributed by atoms with Crippen LogP contribution in [0.5, 0.6) is 0 Å². The Morgan fingerprint density at radius 1 is 1.00 bits per heavy atom. The summed E-state index contributed by atoms with van der Waals surface area (Å²) in [5.41, 5.74) is 2.34. The Hall–Kier alpha value is -1.51. The summed E-state index contributed by atoms with van der Waals surface area (Å²) in [4.78, 5) is 2.27. The van der Waals surface area contributed by atoms with Gasteiger partial charge in [0.25, 0.3) is 0 Å². The van der Waals surface area contributed by atoms with Gasteiger partial charge in [-0.1, -0.05) is 48.5 Å². The highest BCUT2D eigenvalue weighted by atomic mass is 35.5. The molecule has 3 heteroatoms. The number of hydrogen-bond donors (Lipinski definition) is 0. The molecule has 2 unspecified atom stereocenters. The molecule has 0 saturated carbocycles. The highest BCUT2D eigenvalue weighted by Gasteiger charge is 2.33. The Morgan fingerprint density at radius 3 is 2.26 bits per heavy atom. The van der Waals surface area contributed by atoms with E-state index in [1.54, 1.807) is 0 Å². The molecule has 1 aliphatic heterocycles. The SMILES string of the molecule is ClCC1CN(c2ccccc2)C(c2ccccc2)O1. The number of benzene rings is 2. The van der Waals surface area contributed by atoms with Crippen molar-refractivity contribution in [2.24, 2.45) is 0 Å². The third kappa shape index (κ3) is 2.60. The van der Waals surface area contributed by atoms with Crippen molar-refractivity contribution in [3.8, 4) is 0 Å². The molecule has 2 aromatic rings. The molecule has 19 heavy (non-hydrogen) atoms. The van der Waals surface area contributed by atoms with Gasteiger partial charge in [-0.15, -0.1) is 11.6 Å². The zero-order valence-corrected chi connectivity index (χ0v) is 11.3. The first-order valence-corrected chi connectivity index (χ1v) is 7.00. The molecule has 0 aliphatic carbocycles. The molecule has 2 atom stereocenters. The third-order valence-electron chi connectivity index (χ3n) is 3.35. The molecule has 0 bridgehead atoms. The predicted octanol–water partition coefficient (Wildman–Crippen LogP) is 3.83. The van der Waals surface area contributed by atoms with Crippen LogP contribution in [0, 0.1) is 0 Å². The minimum absolute atomic E-state index is 0.0488. The van der Waals surface area contributed by atoms with Crippen LogP contribution in [0.1, 0.15) is 11.8 Å². The minimum atomic E-state index is -0.0488. The fraction of sp³-hybridized carbons (Fsp3) is 0.250. The van der Waals surface area contributed by atoms with Crippen LogP contribution in [0.25, 0.3) is 0 Å². The first-order valence-electron chi connectivity index (χ1n) is 6.46. The molecule has 0 spiro atoms. The van der Waals surface area contributed by atoms with E-state index in [4.69, 9.17) is 16.3 Å². The van der Waals surface area contributed by atoms with Crippen LogP contribution < -0.4 is 4.90 Å². The van der Waals surface area contributed by atoms with Crippen LogP contribution in [-0.4, -0.2) is 18.5 Å². The molecule has 0 aromatic heterocycles. The summed E-state index contributed by atoms with van der Waals surface area (Å²) in [6.07, 6.45) is 0.0272. The van der Waals surface area contributed by atoms with Crippen LogP contribution >= 0.6 is 11.6 Å². The van der Waals surface area contributed by atoms with E-state index in [1.165, 1.54) is 11.3 Å². The standard InChI is InChI=1S/C16H16ClNO/c17-11-15-12-18(14-9-5-2-6-10-14)16(19-15)13-7-3-1-4-8-13/h1-10,15-16H,11-12H2. The fourth-order valence-corrected chi connectivity index (χ4v) is 2.61. The molecular weight excluding hydrogens is 258 g/mol. The summed E-state index contributed by atoms with van der Waals surface area (Å²) >= 11 is 5.96. The highest BCUT2D eigenvalue weighted by molar-refractivity contribution is 6.18. The second-order valence-corrected chi connectivity index (χ2v) is 4.97. The summed E-state index contributed by atoms with van der Waals surface area (Å²) in [5.74, 6) is 0.521. The molecule has 0 amide bonds. The summed E-state index contributed by atoms with van der Waals surface area (Å²) in [6, 6.07) is 20.6. The Labute approximate surface area is 118 Å². The number of halogens is 1. The lowest BCUT2D eigenvalue weighted by Gasteiger charge is -2.25. The van der Waals surface area contributed by atoms with E-state index in [-0.39, 0.29) is 12.3 Å². The van der Waals surface area contributed by atoms with Crippen molar-refractivity contribution in [1.82, 2.24) is 0 Å². The van der Waals surface area contributed by atoms with Crippen LogP contribution in [0.3, 0.4) is 0 Å². The molecule has 0 radical (unpaired) electrons. The van der Waals surface area contributed by atoms with Crippen molar-refractivity contribution >= 4 is 17.3 Å². The first kappa shape index (κ1) is 12.5. The van der Waals surface area contributed by atoms with Gasteiger partial charge in [-0.2, -0.15) is 0 Å². The van der Waals surface area contributed by atoms with Gasteiger partial charge in [0.15, 0.2) is 6.23 Å². The summed E-state index contributed by atoms with van der Waals surface area (Å²) in [5, 5.41) is 0. The van der Waals surface area contributed by atoms with Crippen molar-refractivity contribution < 1.29 is 4.74 Å². The van der Waals surface area contributed by atoms with Gasteiger partial charge in [0.1, 0.15) is 0 Å². The lowest BCUT2D eigenvalue weighted by Crippen LogP contribution is -2.24. The quantitative estimate of drug-likeness (QED) is 0.788. The Morgan fingerprint density at radius 2 is 1.63 bits per heavy atom. The van der Waals surface area contributed by atoms with Crippen LogP contribution in [0.15, 0.2) is 60.7 Å². The number of hydrogen-bond acceptors (Lipinski definition) is 2. The third-order valence-corrected chi connectivity index (χ3v) is 3.69. The average molecular weight is 274 g/mol. The normalized spacial score (nSPS) is 22.7. The van der Waals surface area contributed by atoms with Crippen LogP contribution in [0.2, 0.25) is 0 Å². The Bertz CT molecular complexity index is 469. The lowest BCUT2D eigenvalue weighted by molar-refractivity contribution is 0.0606. The van der Waals surface area contributed by atoms with E-state index in [9.17, 15) is 0 Å². The van der Waals surface area contributed by atoms with Gasteiger partial charge < -0.3 is 9.64 Å². The molecule has 1 saturated heterocycles. The van der Waals surface area contributed by atoms with Crippen molar-refractivity contribution in [3.05, 3.63) is 66.2 Å². The molecule has 1 heterocycles. The average Bonchev–Trinajstić information content (AvgIpc) is 2.93. The van der Waals surface area contributed by atoms with E-state index >= 15 is 0 Å². The maximum atomic E-state index is 6.06. The molecule has 3 rings (SSSR count).